The predicted molar refractivity (Wildman–Crippen MR) is 55.1 cm³/mol. The van der Waals surface area contributed by atoms with Gasteiger partial charge in [-0.15, -0.1) is 0 Å². The lowest BCUT2D eigenvalue weighted by Crippen LogP contribution is -2.32. The number of nitrogens with zero attached hydrogens (tertiary/aromatic N) is 1. The van der Waals surface area contributed by atoms with Gasteiger partial charge in [-0.1, -0.05) is 29.0 Å². The quantitative estimate of drug-likeness (QED) is 0.439. The standard InChI is InChI=1S/C8H16INO/c9-8-11-7-6-10-4-2-1-3-5-10/h1-8H2. The van der Waals surface area contributed by atoms with Crippen molar-refractivity contribution in [2.45, 2.75) is 19.3 Å². The van der Waals surface area contributed by atoms with Gasteiger partial charge in [0.2, 0.25) is 0 Å². The van der Waals surface area contributed by atoms with Crippen molar-refractivity contribution in [3.8, 4) is 0 Å². The van der Waals surface area contributed by atoms with Gasteiger partial charge in [0.25, 0.3) is 0 Å². The van der Waals surface area contributed by atoms with Crippen LogP contribution in [0.2, 0.25) is 0 Å². The largest absolute Gasteiger partial charge is 0.370 e. The molecule has 0 aliphatic carbocycles. The van der Waals surface area contributed by atoms with Crippen LogP contribution in [0.25, 0.3) is 0 Å². The van der Waals surface area contributed by atoms with Crippen molar-refractivity contribution >= 4 is 22.6 Å². The first-order valence-corrected chi connectivity index (χ1v) is 5.82. The Morgan fingerprint density at radius 3 is 2.55 bits per heavy atom. The molecular weight excluding hydrogens is 253 g/mol. The number of ether oxygens (including phenoxy) is 1. The highest BCUT2D eigenvalue weighted by Crippen LogP contribution is 2.07. The Morgan fingerprint density at radius 1 is 1.18 bits per heavy atom. The molecule has 0 aromatic carbocycles. The fourth-order valence-electron chi connectivity index (χ4n) is 1.43. The molecule has 0 radical (unpaired) electrons. The molecule has 1 aliphatic rings. The minimum Gasteiger partial charge on any atom is -0.370 e. The van der Waals surface area contributed by atoms with Gasteiger partial charge >= 0.3 is 0 Å². The number of piperidine rings is 1. The summed E-state index contributed by atoms with van der Waals surface area (Å²) in [6, 6.07) is 0. The number of alkyl halides is 1. The van der Waals surface area contributed by atoms with Gasteiger partial charge in [0, 0.05) is 6.54 Å². The summed E-state index contributed by atoms with van der Waals surface area (Å²) in [4.78, 5) is 2.50. The van der Waals surface area contributed by atoms with Crippen LogP contribution >= 0.6 is 22.6 Å². The SMILES string of the molecule is ICOCCN1CCCCC1. The van der Waals surface area contributed by atoms with Crippen LogP contribution in [0.5, 0.6) is 0 Å². The lowest BCUT2D eigenvalue weighted by molar-refractivity contribution is 0.131. The summed E-state index contributed by atoms with van der Waals surface area (Å²) in [5.74, 6) is 0. The minimum atomic E-state index is 0.825. The maximum atomic E-state index is 5.28. The average Bonchev–Trinajstić information content (AvgIpc) is 2.07. The molecule has 1 fully saturated rings. The molecule has 1 heterocycles. The smallest absolute Gasteiger partial charge is 0.0979 e. The Kier molecular flexibility index (Phi) is 5.49. The van der Waals surface area contributed by atoms with Crippen LogP contribution in [0.15, 0.2) is 0 Å². The summed E-state index contributed by atoms with van der Waals surface area (Å²) in [6.45, 7) is 4.60. The monoisotopic (exact) mass is 269 g/mol. The molecule has 0 unspecified atom stereocenters. The molecule has 0 spiro atoms. The maximum Gasteiger partial charge on any atom is 0.0979 e. The van der Waals surface area contributed by atoms with Gasteiger partial charge in [-0.05, 0) is 25.9 Å². The van der Waals surface area contributed by atoms with E-state index in [0.29, 0.717) is 0 Å². The molecule has 3 heteroatoms. The molecule has 0 saturated carbocycles. The van der Waals surface area contributed by atoms with Crippen molar-refractivity contribution in [2.75, 3.05) is 30.9 Å². The first kappa shape index (κ1) is 9.74. The lowest BCUT2D eigenvalue weighted by atomic mass is 10.1. The van der Waals surface area contributed by atoms with Crippen LogP contribution in [0.4, 0.5) is 0 Å². The molecule has 1 saturated heterocycles. The third kappa shape index (κ3) is 4.28. The van der Waals surface area contributed by atoms with Crippen LogP contribution in [0.3, 0.4) is 0 Å². The zero-order valence-corrected chi connectivity index (χ0v) is 9.05. The van der Waals surface area contributed by atoms with Gasteiger partial charge in [-0.2, -0.15) is 0 Å². The zero-order chi connectivity index (χ0) is 7.94. The molecule has 0 aromatic rings. The second kappa shape index (κ2) is 6.20. The van der Waals surface area contributed by atoms with E-state index in [1.807, 2.05) is 0 Å². The summed E-state index contributed by atoms with van der Waals surface area (Å²) in [5.41, 5.74) is 0. The normalized spacial score (nSPS) is 20.5. The van der Waals surface area contributed by atoms with Crippen molar-refractivity contribution in [3.05, 3.63) is 0 Å². The topological polar surface area (TPSA) is 12.5 Å². The van der Waals surface area contributed by atoms with E-state index in [2.05, 4.69) is 27.5 Å². The molecule has 0 bridgehead atoms. The molecule has 0 aromatic heterocycles. The van der Waals surface area contributed by atoms with E-state index in [0.717, 1.165) is 17.8 Å². The molecule has 0 N–H and O–H groups in total. The first-order chi connectivity index (χ1) is 5.43. The van der Waals surface area contributed by atoms with E-state index < -0.39 is 0 Å². The Bertz CT molecular complexity index is 94.1. The van der Waals surface area contributed by atoms with Gasteiger partial charge in [-0.25, -0.2) is 0 Å². The predicted octanol–water partition coefficient (Wildman–Crippen LogP) is 1.88. The van der Waals surface area contributed by atoms with Crippen LogP contribution in [-0.4, -0.2) is 35.8 Å². The van der Waals surface area contributed by atoms with Crippen LogP contribution < -0.4 is 0 Å². The molecule has 1 rings (SSSR count). The fraction of sp³-hybridized carbons (Fsp3) is 1.00. The minimum absolute atomic E-state index is 0.825. The van der Waals surface area contributed by atoms with E-state index in [-0.39, 0.29) is 0 Å². The Hall–Kier alpha value is 0.650. The number of hydrogen-bond donors (Lipinski definition) is 0. The highest BCUT2D eigenvalue weighted by atomic mass is 127. The second-order valence-corrected chi connectivity index (χ2v) is 3.54. The van der Waals surface area contributed by atoms with E-state index in [4.69, 9.17) is 4.74 Å². The van der Waals surface area contributed by atoms with Crippen LogP contribution in [0, 0.1) is 0 Å². The third-order valence-corrected chi connectivity index (χ3v) is 2.52. The van der Waals surface area contributed by atoms with Crippen molar-refractivity contribution in [1.29, 1.82) is 0 Å². The molecule has 1 aliphatic heterocycles. The third-order valence-electron chi connectivity index (χ3n) is 2.08. The molecule has 0 amide bonds. The summed E-state index contributed by atoms with van der Waals surface area (Å²) in [6.07, 6.45) is 4.18. The number of hydrogen-bond acceptors (Lipinski definition) is 2. The van der Waals surface area contributed by atoms with Crippen molar-refractivity contribution in [3.63, 3.8) is 0 Å². The van der Waals surface area contributed by atoms with Crippen LogP contribution in [-0.2, 0) is 4.74 Å². The fourth-order valence-corrected chi connectivity index (χ4v) is 1.74. The molecule has 11 heavy (non-hydrogen) atoms. The van der Waals surface area contributed by atoms with Gasteiger partial charge in [0.1, 0.15) is 0 Å². The Morgan fingerprint density at radius 2 is 1.91 bits per heavy atom. The second-order valence-electron chi connectivity index (χ2n) is 2.92. The first-order valence-electron chi connectivity index (χ1n) is 4.29. The van der Waals surface area contributed by atoms with E-state index in [9.17, 15) is 0 Å². The van der Waals surface area contributed by atoms with Gasteiger partial charge in [0.05, 0.1) is 11.2 Å². The highest BCUT2D eigenvalue weighted by molar-refractivity contribution is 14.1. The number of halogens is 1. The van der Waals surface area contributed by atoms with E-state index >= 15 is 0 Å². The molecule has 0 atom stereocenters. The molecule has 2 nitrogen and oxygen atoms in total. The van der Waals surface area contributed by atoms with Gasteiger partial charge in [-0.3, -0.25) is 0 Å². The molecular formula is C8H16INO. The van der Waals surface area contributed by atoms with Gasteiger partial charge in [0.15, 0.2) is 0 Å². The Balaban J connectivity index is 1.96. The van der Waals surface area contributed by atoms with Gasteiger partial charge < -0.3 is 9.64 Å². The number of rotatable bonds is 4. The summed E-state index contributed by atoms with van der Waals surface area (Å²) in [7, 11) is 0. The zero-order valence-electron chi connectivity index (χ0n) is 6.89. The van der Waals surface area contributed by atoms with E-state index in [1.165, 1.54) is 32.4 Å². The molecule has 66 valence electrons. The van der Waals surface area contributed by atoms with Crippen LogP contribution in [0.1, 0.15) is 19.3 Å². The summed E-state index contributed by atoms with van der Waals surface area (Å²) < 4.78 is 6.11. The highest BCUT2D eigenvalue weighted by Gasteiger charge is 2.08. The summed E-state index contributed by atoms with van der Waals surface area (Å²) in [5, 5.41) is 0. The van der Waals surface area contributed by atoms with E-state index in [1.54, 1.807) is 0 Å². The lowest BCUT2D eigenvalue weighted by Gasteiger charge is -2.25. The van der Waals surface area contributed by atoms with Crippen molar-refractivity contribution < 1.29 is 4.74 Å². The average molecular weight is 269 g/mol. The van der Waals surface area contributed by atoms with Crippen molar-refractivity contribution in [2.24, 2.45) is 0 Å². The van der Waals surface area contributed by atoms with Crippen molar-refractivity contribution in [1.82, 2.24) is 4.90 Å². The number of likely N-dealkylation sites (tertiary alicyclic amines) is 1. The summed E-state index contributed by atoms with van der Waals surface area (Å²) >= 11 is 2.24. The Labute approximate surface area is 82.4 Å². The maximum absolute atomic E-state index is 5.28.